The number of methoxy groups -OCH3 is 1. The first-order valence-electron chi connectivity index (χ1n) is 6.73. The number of ether oxygens (including phenoxy) is 2. The molecule has 1 unspecified atom stereocenters. The fraction of sp³-hybridized carbons (Fsp3) is 0.312. The molecule has 1 N–H and O–H groups in total. The van der Waals surface area contributed by atoms with E-state index in [0.29, 0.717) is 17.2 Å². The van der Waals surface area contributed by atoms with Gasteiger partial charge in [-0.05, 0) is 26.1 Å². The molecule has 0 saturated carbocycles. The van der Waals surface area contributed by atoms with Gasteiger partial charge in [0.2, 0.25) is 5.88 Å². The summed E-state index contributed by atoms with van der Waals surface area (Å²) in [5, 5.41) is 3.01. The van der Waals surface area contributed by atoms with E-state index in [9.17, 15) is 4.39 Å². The average Bonchev–Trinajstić information content (AvgIpc) is 2.52. The highest BCUT2D eigenvalue weighted by Gasteiger charge is 2.10. The largest absolute Gasteiger partial charge is 0.487 e. The van der Waals surface area contributed by atoms with E-state index in [-0.39, 0.29) is 18.5 Å². The van der Waals surface area contributed by atoms with Gasteiger partial charge < -0.3 is 14.8 Å². The molecule has 0 fully saturated rings. The highest BCUT2D eigenvalue weighted by atomic mass is 19.1. The van der Waals surface area contributed by atoms with Crippen LogP contribution in [-0.2, 0) is 6.61 Å². The average molecular weight is 290 g/mol. The van der Waals surface area contributed by atoms with Crippen LogP contribution in [0.25, 0.3) is 0 Å². The van der Waals surface area contributed by atoms with Crippen LogP contribution in [0.4, 0.5) is 4.39 Å². The minimum atomic E-state index is -0.284. The van der Waals surface area contributed by atoms with Crippen molar-refractivity contribution in [2.45, 2.75) is 19.6 Å². The quantitative estimate of drug-likeness (QED) is 0.888. The lowest BCUT2D eigenvalue weighted by molar-refractivity contribution is 0.296. The van der Waals surface area contributed by atoms with Crippen LogP contribution in [-0.4, -0.2) is 19.1 Å². The first-order valence-corrected chi connectivity index (χ1v) is 6.73. The summed E-state index contributed by atoms with van der Waals surface area (Å²) < 4.78 is 24.6. The summed E-state index contributed by atoms with van der Waals surface area (Å²) in [4.78, 5) is 4.24. The Morgan fingerprint density at radius 2 is 2.10 bits per heavy atom. The molecule has 5 heteroatoms. The lowest BCUT2D eigenvalue weighted by atomic mass is 10.1. The van der Waals surface area contributed by atoms with E-state index in [4.69, 9.17) is 9.47 Å². The van der Waals surface area contributed by atoms with E-state index >= 15 is 0 Å². The fourth-order valence-corrected chi connectivity index (χ4v) is 1.91. The Morgan fingerprint density at radius 1 is 1.29 bits per heavy atom. The van der Waals surface area contributed by atoms with Crippen molar-refractivity contribution in [3.63, 3.8) is 0 Å². The molecule has 4 nitrogen and oxygen atoms in total. The zero-order valence-corrected chi connectivity index (χ0v) is 12.4. The van der Waals surface area contributed by atoms with Crippen LogP contribution >= 0.6 is 0 Å². The SMILES string of the molecule is CNC(C)c1ccc(OCc2cccc(OC)n2)cc1F. The maximum absolute atomic E-state index is 14.0. The molecule has 0 spiro atoms. The molecule has 1 aromatic heterocycles. The Morgan fingerprint density at radius 3 is 2.76 bits per heavy atom. The highest BCUT2D eigenvalue weighted by Crippen LogP contribution is 2.22. The number of hydrogen-bond donors (Lipinski definition) is 1. The van der Waals surface area contributed by atoms with Crippen LogP contribution in [0.3, 0.4) is 0 Å². The van der Waals surface area contributed by atoms with Crippen LogP contribution in [0, 0.1) is 5.82 Å². The second-order valence-corrected chi connectivity index (χ2v) is 4.65. The molecule has 21 heavy (non-hydrogen) atoms. The number of rotatable bonds is 6. The van der Waals surface area contributed by atoms with E-state index in [1.165, 1.54) is 6.07 Å². The summed E-state index contributed by atoms with van der Waals surface area (Å²) in [6, 6.07) is 10.3. The molecule has 0 aliphatic rings. The van der Waals surface area contributed by atoms with Gasteiger partial charge >= 0.3 is 0 Å². The van der Waals surface area contributed by atoms with Crippen LogP contribution < -0.4 is 14.8 Å². The van der Waals surface area contributed by atoms with Gasteiger partial charge in [-0.15, -0.1) is 0 Å². The molecule has 0 amide bonds. The van der Waals surface area contributed by atoms with Gasteiger partial charge in [-0.2, -0.15) is 0 Å². The molecule has 2 aromatic rings. The number of aromatic nitrogens is 1. The van der Waals surface area contributed by atoms with E-state index in [1.807, 2.05) is 19.1 Å². The third-order valence-corrected chi connectivity index (χ3v) is 3.25. The lowest BCUT2D eigenvalue weighted by Gasteiger charge is -2.13. The molecule has 1 heterocycles. The Labute approximate surface area is 123 Å². The molecule has 1 atom stereocenters. The fourth-order valence-electron chi connectivity index (χ4n) is 1.91. The summed E-state index contributed by atoms with van der Waals surface area (Å²) >= 11 is 0. The molecule has 0 radical (unpaired) electrons. The van der Waals surface area contributed by atoms with Gasteiger partial charge in [0.05, 0.1) is 12.8 Å². The number of benzene rings is 1. The minimum Gasteiger partial charge on any atom is -0.487 e. The first-order chi connectivity index (χ1) is 10.1. The number of pyridine rings is 1. The number of nitrogens with zero attached hydrogens (tertiary/aromatic N) is 1. The second-order valence-electron chi connectivity index (χ2n) is 4.65. The van der Waals surface area contributed by atoms with Crippen LogP contribution in [0.1, 0.15) is 24.2 Å². The Hall–Kier alpha value is -2.14. The maximum Gasteiger partial charge on any atom is 0.213 e. The Bertz CT molecular complexity index is 605. The normalized spacial score (nSPS) is 12.0. The van der Waals surface area contributed by atoms with Crippen molar-refractivity contribution in [3.8, 4) is 11.6 Å². The van der Waals surface area contributed by atoms with Crippen LogP contribution in [0.15, 0.2) is 36.4 Å². The van der Waals surface area contributed by atoms with E-state index in [1.54, 1.807) is 32.4 Å². The van der Waals surface area contributed by atoms with Crippen molar-refractivity contribution in [1.82, 2.24) is 10.3 Å². The molecule has 0 bridgehead atoms. The van der Waals surface area contributed by atoms with Gasteiger partial charge in [-0.1, -0.05) is 12.1 Å². The van der Waals surface area contributed by atoms with Crippen molar-refractivity contribution in [1.29, 1.82) is 0 Å². The third-order valence-electron chi connectivity index (χ3n) is 3.25. The molecule has 0 aliphatic heterocycles. The first kappa shape index (κ1) is 15.3. The summed E-state index contributed by atoms with van der Waals surface area (Å²) in [5.41, 5.74) is 1.34. The summed E-state index contributed by atoms with van der Waals surface area (Å²) in [6.45, 7) is 2.16. The molecule has 112 valence electrons. The van der Waals surface area contributed by atoms with Gasteiger partial charge in [0.1, 0.15) is 18.2 Å². The Kier molecular flexibility index (Phi) is 5.11. The summed E-state index contributed by atoms with van der Waals surface area (Å²) in [6.07, 6.45) is 0. The molecule has 2 rings (SSSR count). The lowest BCUT2D eigenvalue weighted by Crippen LogP contribution is -2.13. The summed E-state index contributed by atoms with van der Waals surface area (Å²) in [7, 11) is 3.35. The van der Waals surface area contributed by atoms with Crippen LogP contribution in [0.5, 0.6) is 11.6 Å². The van der Waals surface area contributed by atoms with Crippen LogP contribution in [0.2, 0.25) is 0 Å². The third kappa shape index (κ3) is 3.92. The van der Waals surface area contributed by atoms with Crippen molar-refractivity contribution in [2.24, 2.45) is 0 Å². The number of hydrogen-bond acceptors (Lipinski definition) is 4. The molecular weight excluding hydrogens is 271 g/mol. The van der Waals surface area contributed by atoms with E-state index in [2.05, 4.69) is 10.3 Å². The minimum absolute atomic E-state index is 0.0425. The highest BCUT2D eigenvalue weighted by molar-refractivity contribution is 5.30. The van der Waals surface area contributed by atoms with Gasteiger partial charge in [-0.3, -0.25) is 0 Å². The van der Waals surface area contributed by atoms with Crippen molar-refractivity contribution < 1.29 is 13.9 Å². The van der Waals surface area contributed by atoms with Crippen molar-refractivity contribution >= 4 is 0 Å². The molecule has 0 aliphatic carbocycles. The van der Waals surface area contributed by atoms with E-state index < -0.39 is 0 Å². The second kappa shape index (κ2) is 7.04. The molecule has 0 saturated heterocycles. The zero-order valence-electron chi connectivity index (χ0n) is 12.4. The van der Waals surface area contributed by atoms with Gasteiger partial charge in [0.25, 0.3) is 0 Å². The van der Waals surface area contributed by atoms with Gasteiger partial charge in [-0.25, -0.2) is 9.37 Å². The monoisotopic (exact) mass is 290 g/mol. The van der Waals surface area contributed by atoms with Crippen molar-refractivity contribution in [3.05, 3.63) is 53.5 Å². The molecular formula is C16H19FN2O2. The maximum atomic E-state index is 14.0. The standard InChI is InChI=1S/C16H19FN2O2/c1-11(18-2)14-8-7-13(9-15(14)17)21-10-12-5-4-6-16(19-12)20-3/h4-9,11,18H,10H2,1-3H3. The van der Waals surface area contributed by atoms with Gasteiger partial charge in [0, 0.05) is 23.7 Å². The molecule has 1 aromatic carbocycles. The zero-order chi connectivity index (χ0) is 15.2. The van der Waals surface area contributed by atoms with Crippen molar-refractivity contribution in [2.75, 3.05) is 14.2 Å². The number of halogens is 1. The predicted molar refractivity (Wildman–Crippen MR) is 79.0 cm³/mol. The van der Waals surface area contributed by atoms with Gasteiger partial charge in [0.15, 0.2) is 0 Å². The topological polar surface area (TPSA) is 43.4 Å². The van der Waals surface area contributed by atoms with E-state index in [0.717, 1.165) is 5.69 Å². The smallest absolute Gasteiger partial charge is 0.213 e. The predicted octanol–water partition coefficient (Wildman–Crippen LogP) is 3.09. The summed E-state index contributed by atoms with van der Waals surface area (Å²) in [5.74, 6) is 0.720. The number of nitrogens with one attached hydrogen (secondary N) is 1. The Balaban J connectivity index is 2.05.